The molecule has 1 heterocycles. The summed E-state index contributed by atoms with van der Waals surface area (Å²) in [6.07, 6.45) is 2.37. The molecule has 0 aromatic rings. The van der Waals surface area contributed by atoms with Crippen LogP contribution in [0.5, 0.6) is 0 Å². The average molecular weight is 214 g/mol. The summed E-state index contributed by atoms with van der Waals surface area (Å²) in [4.78, 5) is 21.8. The minimum absolute atomic E-state index is 0.170. The minimum atomic E-state index is -0.995. The van der Waals surface area contributed by atoms with Gasteiger partial charge in [-0.1, -0.05) is 0 Å². The molecular weight excluding hydrogens is 196 g/mol. The lowest BCUT2D eigenvalue weighted by atomic mass is 10.0. The molecule has 0 aliphatic carbocycles. The highest BCUT2D eigenvalue weighted by Crippen LogP contribution is 2.13. The predicted molar refractivity (Wildman–Crippen MR) is 55.5 cm³/mol. The number of carboxylic acids is 1. The van der Waals surface area contributed by atoms with Crippen molar-refractivity contribution in [2.45, 2.75) is 32.2 Å². The molecule has 5 heteroatoms. The van der Waals surface area contributed by atoms with Gasteiger partial charge in [0.25, 0.3) is 0 Å². The summed E-state index contributed by atoms with van der Waals surface area (Å²) < 4.78 is 0. The summed E-state index contributed by atoms with van der Waals surface area (Å²) in [5.74, 6) is -0.599. The van der Waals surface area contributed by atoms with E-state index in [1.165, 1.54) is 6.92 Å². The zero-order chi connectivity index (χ0) is 11.3. The Kier molecular flexibility index (Phi) is 4.55. The third-order valence-electron chi connectivity index (χ3n) is 2.69. The van der Waals surface area contributed by atoms with Gasteiger partial charge in [-0.25, -0.2) is 0 Å². The third kappa shape index (κ3) is 4.29. The summed E-state index contributed by atoms with van der Waals surface area (Å²) in [7, 11) is 0. The van der Waals surface area contributed by atoms with Crippen LogP contribution in [0.4, 0.5) is 0 Å². The maximum absolute atomic E-state index is 11.3. The highest BCUT2D eigenvalue weighted by atomic mass is 16.4. The van der Waals surface area contributed by atoms with Crippen molar-refractivity contribution >= 4 is 11.9 Å². The Hall–Kier alpha value is -1.10. The topological polar surface area (TPSA) is 78.4 Å². The second-order valence-corrected chi connectivity index (χ2v) is 4.02. The molecule has 1 fully saturated rings. The molecule has 1 amide bonds. The molecule has 0 spiro atoms. The fourth-order valence-corrected chi connectivity index (χ4v) is 1.67. The SMILES string of the molecule is C[C@H](NC(=O)CCC1CCNC1)C(=O)O. The van der Waals surface area contributed by atoms with E-state index in [9.17, 15) is 9.59 Å². The monoisotopic (exact) mass is 214 g/mol. The molecule has 3 N–H and O–H groups in total. The van der Waals surface area contributed by atoms with Crippen LogP contribution in [0.1, 0.15) is 26.2 Å². The molecule has 1 aliphatic heterocycles. The molecule has 1 aliphatic rings. The zero-order valence-corrected chi connectivity index (χ0v) is 8.95. The Morgan fingerprint density at radius 2 is 2.33 bits per heavy atom. The molecular formula is C10H18N2O3. The largest absolute Gasteiger partial charge is 0.480 e. The van der Waals surface area contributed by atoms with Crippen LogP contribution in [0.2, 0.25) is 0 Å². The van der Waals surface area contributed by atoms with Crippen LogP contribution in [0, 0.1) is 5.92 Å². The number of carboxylic acid groups (broad SMARTS) is 1. The lowest BCUT2D eigenvalue weighted by Crippen LogP contribution is -2.38. The number of carbonyl (C=O) groups excluding carboxylic acids is 1. The minimum Gasteiger partial charge on any atom is -0.480 e. The van der Waals surface area contributed by atoms with E-state index < -0.39 is 12.0 Å². The van der Waals surface area contributed by atoms with E-state index in [2.05, 4.69) is 10.6 Å². The summed E-state index contributed by atoms with van der Waals surface area (Å²) >= 11 is 0. The number of rotatable bonds is 5. The van der Waals surface area contributed by atoms with Gasteiger partial charge in [-0.3, -0.25) is 9.59 Å². The standard InChI is InChI=1S/C10H18N2O3/c1-7(10(14)15)12-9(13)3-2-8-4-5-11-6-8/h7-8,11H,2-6H2,1H3,(H,12,13)(H,14,15)/t7-,8?/m0/s1. The normalized spacial score (nSPS) is 22.3. The van der Waals surface area contributed by atoms with E-state index in [0.717, 1.165) is 25.9 Å². The number of hydrogen-bond donors (Lipinski definition) is 3. The van der Waals surface area contributed by atoms with Crippen molar-refractivity contribution in [1.29, 1.82) is 0 Å². The van der Waals surface area contributed by atoms with Crippen LogP contribution in [-0.2, 0) is 9.59 Å². The van der Waals surface area contributed by atoms with Crippen LogP contribution >= 0.6 is 0 Å². The van der Waals surface area contributed by atoms with Gasteiger partial charge in [-0.05, 0) is 38.8 Å². The molecule has 0 bridgehead atoms. The van der Waals surface area contributed by atoms with Crippen molar-refractivity contribution in [3.63, 3.8) is 0 Å². The third-order valence-corrected chi connectivity index (χ3v) is 2.69. The van der Waals surface area contributed by atoms with Crippen molar-refractivity contribution in [2.75, 3.05) is 13.1 Å². The number of aliphatic carboxylic acids is 1. The van der Waals surface area contributed by atoms with Crippen molar-refractivity contribution in [2.24, 2.45) is 5.92 Å². The fraction of sp³-hybridized carbons (Fsp3) is 0.800. The Bertz CT molecular complexity index is 237. The van der Waals surface area contributed by atoms with Crippen molar-refractivity contribution < 1.29 is 14.7 Å². The second-order valence-electron chi connectivity index (χ2n) is 4.02. The van der Waals surface area contributed by atoms with Crippen molar-refractivity contribution in [3.05, 3.63) is 0 Å². The van der Waals surface area contributed by atoms with Crippen LogP contribution in [0.15, 0.2) is 0 Å². The van der Waals surface area contributed by atoms with Gasteiger partial charge in [0.05, 0.1) is 0 Å². The van der Waals surface area contributed by atoms with E-state index in [0.29, 0.717) is 12.3 Å². The highest BCUT2D eigenvalue weighted by molar-refractivity contribution is 5.83. The summed E-state index contributed by atoms with van der Waals surface area (Å²) in [6, 6.07) is -0.792. The van der Waals surface area contributed by atoms with Gasteiger partial charge in [-0.2, -0.15) is 0 Å². The molecule has 0 saturated carbocycles. The number of nitrogens with one attached hydrogen (secondary N) is 2. The van der Waals surface area contributed by atoms with Crippen molar-refractivity contribution in [3.8, 4) is 0 Å². The lowest BCUT2D eigenvalue weighted by molar-refractivity contribution is -0.141. The molecule has 1 unspecified atom stereocenters. The molecule has 86 valence electrons. The zero-order valence-electron chi connectivity index (χ0n) is 8.95. The van der Waals surface area contributed by atoms with Crippen LogP contribution in [0.25, 0.3) is 0 Å². The smallest absolute Gasteiger partial charge is 0.325 e. The number of hydrogen-bond acceptors (Lipinski definition) is 3. The quantitative estimate of drug-likeness (QED) is 0.600. The summed E-state index contributed by atoms with van der Waals surface area (Å²) in [6.45, 7) is 3.47. The average Bonchev–Trinajstić information content (AvgIpc) is 2.66. The molecule has 0 aromatic heterocycles. The van der Waals surface area contributed by atoms with Gasteiger partial charge in [0.1, 0.15) is 6.04 Å². The van der Waals surface area contributed by atoms with E-state index in [1.54, 1.807) is 0 Å². The molecule has 2 atom stereocenters. The Morgan fingerprint density at radius 3 is 2.87 bits per heavy atom. The molecule has 1 rings (SSSR count). The van der Waals surface area contributed by atoms with Gasteiger partial charge in [0.2, 0.25) is 5.91 Å². The molecule has 1 saturated heterocycles. The predicted octanol–water partition coefficient (Wildman–Crippen LogP) is -0.0346. The first-order chi connectivity index (χ1) is 7.09. The van der Waals surface area contributed by atoms with Gasteiger partial charge in [-0.15, -0.1) is 0 Å². The van der Waals surface area contributed by atoms with E-state index in [-0.39, 0.29) is 5.91 Å². The lowest BCUT2D eigenvalue weighted by Gasteiger charge is -2.11. The molecule has 0 radical (unpaired) electrons. The molecule has 15 heavy (non-hydrogen) atoms. The maximum atomic E-state index is 11.3. The van der Waals surface area contributed by atoms with Crippen LogP contribution in [0.3, 0.4) is 0 Å². The Morgan fingerprint density at radius 1 is 1.60 bits per heavy atom. The number of amides is 1. The van der Waals surface area contributed by atoms with E-state index >= 15 is 0 Å². The first-order valence-corrected chi connectivity index (χ1v) is 5.32. The maximum Gasteiger partial charge on any atom is 0.325 e. The van der Waals surface area contributed by atoms with Crippen molar-refractivity contribution in [1.82, 2.24) is 10.6 Å². The summed E-state index contributed by atoms with van der Waals surface area (Å²) in [5, 5.41) is 14.3. The Labute approximate surface area is 89.2 Å². The van der Waals surface area contributed by atoms with Gasteiger partial charge >= 0.3 is 5.97 Å². The molecule has 5 nitrogen and oxygen atoms in total. The first-order valence-electron chi connectivity index (χ1n) is 5.32. The molecule has 0 aromatic carbocycles. The van der Waals surface area contributed by atoms with Gasteiger partial charge in [0, 0.05) is 6.42 Å². The summed E-state index contributed by atoms with van der Waals surface area (Å²) in [5.41, 5.74) is 0. The van der Waals surface area contributed by atoms with Gasteiger partial charge < -0.3 is 15.7 Å². The van der Waals surface area contributed by atoms with Crippen LogP contribution in [-0.4, -0.2) is 36.1 Å². The number of carbonyl (C=O) groups is 2. The van der Waals surface area contributed by atoms with Crippen LogP contribution < -0.4 is 10.6 Å². The first kappa shape index (κ1) is 12.0. The second kappa shape index (κ2) is 5.70. The van der Waals surface area contributed by atoms with E-state index in [4.69, 9.17) is 5.11 Å². The van der Waals surface area contributed by atoms with Gasteiger partial charge in [0.15, 0.2) is 0 Å². The Balaban J connectivity index is 2.15. The van der Waals surface area contributed by atoms with E-state index in [1.807, 2.05) is 0 Å². The fourth-order valence-electron chi connectivity index (χ4n) is 1.67. The highest BCUT2D eigenvalue weighted by Gasteiger charge is 2.17.